The lowest BCUT2D eigenvalue weighted by Gasteiger charge is -2.12. The number of aryl methyl sites for hydroxylation is 1. The van der Waals surface area contributed by atoms with E-state index in [9.17, 15) is 4.79 Å². The van der Waals surface area contributed by atoms with Crippen molar-refractivity contribution in [2.75, 3.05) is 5.43 Å². The van der Waals surface area contributed by atoms with Gasteiger partial charge in [-0.15, -0.1) is 10.2 Å². The van der Waals surface area contributed by atoms with Crippen LogP contribution in [0.4, 0.5) is 5.69 Å². The number of carbonyl (C=O) groups excluding carboxylic acids is 1. The number of rotatable bonds is 4. The second-order valence-electron chi connectivity index (χ2n) is 5.22. The predicted octanol–water partition coefficient (Wildman–Crippen LogP) is 3.98. The molecule has 0 radical (unpaired) electrons. The SMILES string of the molecule is CC(=O)c1nnc(-c2ccc(C)cc2)n1Nc1ccc(Cl)cc1. The first-order chi connectivity index (χ1) is 11.0. The number of nitrogens with zero attached hydrogens (tertiary/aromatic N) is 3. The first kappa shape index (κ1) is 15.2. The number of hydrogen-bond donors (Lipinski definition) is 1. The summed E-state index contributed by atoms with van der Waals surface area (Å²) in [5.41, 5.74) is 5.96. The standard InChI is InChI=1S/C17H15ClN4O/c1-11-3-5-13(6-4-11)17-20-19-16(12(2)23)22(17)21-15-9-7-14(18)8-10-15/h3-10,21H,1-2H3. The van der Waals surface area contributed by atoms with E-state index in [1.54, 1.807) is 16.8 Å². The summed E-state index contributed by atoms with van der Waals surface area (Å²) in [6, 6.07) is 15.1. The van der Waals surface area contributed by atoms with E-state index >= 15 is 0 Å². The molecule has 3 aromatic rings. The van der Waals surface area contributed by atoms with Gasteiger partial charge in [0, 0.05) is 17.5 Å². The van der Waals surface area contributed by atoms with Gasteiger partial charge in [-0.25, -0.2) is 4.68 Å². The summed E-state index contributed by atoms with van der Waals surface area (Å²) in [6.45, 7) is 3.48. The lowest BCUT2D eigenvalue weighted by molar-refractivity contribution is 0.100. The number of halogens is 1. The molecule has 1 aromatic heterocycles. The normalized spacial score (nSPS) is 10.6. The summed E-state index contributed by atoms with van der Waals surface area (Å²) in [5.74, 6) is 0.651. The number of hydrogen-bond acceptors (Lipinski definition) is 4. The average molecular weight is 327 g/mol. The van der Waals surface area contributed by atoms with Gasteiger partial charge in [-0.3, -0.25) is 10.2 Å². The largest absolute Gasteiger partial charge is 0.291 e. The fourth-order valence-corrected chi connectivity index (χ4v) is 2.29. The van der Waals surface area contributed by atoms with Crippen LogP contribution >= 0.6 is 11.6 Å². The molecule has 0 aliphatic rings. The van der Waals surface area contributed by atoms with Gasteiger partial charge in [-0.2, -0.15) is 0 Å². The van der Waals surface area contributed by atoms with E-state index in [0.717, 1.165) is 16.8 Å². The van der Waals surface area contributed by atoms with E-state index in [0.29, 0.717) is 10.8 Å². The van der Waals surface area contributed by atoms with Gasteiger partial charge in [-0.1, -0.05) is 41.4 Å². The third-order valence-electron chi connectivity index (χ3n) is 3.37. The zero-order chi connectivity index (χ0) is 16.4. The minimum absolute atomic E-state index is 0.169. The van der Waals surface area contributed by atoms with Crippen molar-refractivity contribution in [3.8, 4) is 11.4 Å². The molecule has 0 unspecified atom stereocenters. The van der Waals surface area contributed by atoms with E-state index in [-0.39, 0.29) is 11.6 Å². The Morgan fingerprint density at radius 1 is 1.04 bits per heavy atom. The van der Waals surface area contributed by atoms with Crippen molar-refractivity contribution in [1.29, 1.82) is 0 Å². The van der Waals surface area contributed by atoms with Crippen molar-refractivity contribution in [1.82, 2.24) is 14.9 Å². The second kappa shape index (κ2) is 6.22. The maximum absolute atomic E-state index is 11.8. The van der Waals surface area contributed by atoms with Crippen LogP contribution in [0.2, 0.25) is 5.02 Å². The molecule has 0 spiro atoms. The van der Waals surface area contributed by atoms with E-state index < -0.39 is 0 Å². The van der Waals surface area contributed by atoms with Gasteiger partial charge in [-0.05, 0) is 31.2 Å². The van der Waals surface area contributed by atoms with Crippen LogP contribution in [0.1, 0.15) is 23.1 Å². The van der Waals surface area contributed by atoms with E-state index in [4.69, 9.17) is 11.6 Å². The Hall–Kier alpha value is -2.66. The monoisotopic (exact) mass is 326 g/mol. The van der Waals surface area contributed by atoms with Gasteiger partial charge in [0.05, 0.1) is 5.69 Å². The summed E-state index contributed by atoms with van der Waals surface area (Å²) >= 11 is 5.90. The minimum atomic E-state index is -0.169. The summed E-state index contributed by atoms with van der Waals surface area (Å²) in [5, 5.41) is 8.80. The summed E-state index contributed by atoms with van der Waals surface area (Å²) < 4.78 is 1.59. The van der Waals surface area contributed by atoms with Crippen LogP contribution in [0.25, 0.3) is 11.4 Å². The van der Waals surface area contributed by atoms with Crippen molar-refractivity contribution in [2.45, 2.75) is 13.8 Å². The summed E-state index contributed by atoms with van der Waals surface area (Å²) in [4.78, 5) is 11.8. The Balaban J connectivity index is 2.05. The van der Waals surface area contributed by atoms with Gasteiger partial charge in [0.15, 0.2) is 11.6 Å². The molecule has 116 valence electrons. The zero-order valence-corrected chi connectivity index (χ0v) is 13.5. The highest BCUT2D eigenvalue weighted by Crippen LogP contribution is 2.21. The number of nitrogens with one attached hydrogen (secondary N) is 1. The number of carbonyl (C=O) groups is 1. The number of aromatic nitrogens is 3. The van der Waals surface area contributed by atoms with Gasteiger partial charge in [0.25, 0.3) is 0 Å². The van der Waals surface area contributed by atoms with Crippen molar-refractivity contribution >= 4 is 23.1 Å². The Morgan fingerprint density at radius 3 is 2.30 bits per heavy atom. The lowest BCUT2D eigenvalue weighted by Crippen LogP contribution is -2.16. The first-order valence-electron chi connectivity index (χ1n) is 7.10. The van der Waals surface area contributed by atoms with Crippen LogP contribution in [-0.4, -0.2) is 20.7 Å². The van der Waals surface area contributed by atoms with Crippen LogP contribution in [0, 0.1) is 6.92 Å². The third kappa shape index (κ3) is 3.24. The van der Waals surface area contributed by atoms with E-state index in [2.05, 4.69) is 15.6 Å². The zero-order valence-electron chi connectivity index (χ0n) is 12.7. The number of benzene rings is 2. The van der Waals surface area contributed by atoms with E-state index in [1.807, 2.05) is 43.3 Å². The van der Waals surface area contributed by atoms with Gasteiger partial charge >= 0.3 is 0 Å². The molecule has 0 aliphatic heterocycles. The molecule has 0 amide bonds. The molecule has 1 heterocycles. The van der Waals surface area contributed by atoms with Crippen molar-refractivity contribution < 1.29 is 4.79 Å². The molecule has 0 aliphatic carbocycles. The molecule has 0 saturated carbocycles. The van der Waals surface area contributed by atoms with Crippen molar-refractivity contribution in [3.05, 3.63) is 64.9 Å². The quantitative estimate of drug-likeness (QED) is 0.737. The second-order valence-corrected chi connectivity index (χ2v) is 5.66. The molecule has 2 aromatic carbocycles. The molecular weight excluding hydrogens is 312 g/mol. The fraction of sp³-hybridized carbons (Fsp3) is 0.118. The van der Waals surface area contributed by atoms with Gasteiger partial charge < -0.3 is 0 Å². The van der Waals surface area contributed by atoms with Gasteiger partial charge in [0.2, 0.25) is 5.82 Å². The fourth-order valence-electron chi connectivity index (χ4n) is 2.16. The highest BCUT2D eigenvalue weighted by atomic mass is 35.5. The van der Waals surface area contributed by atoms with Crippen LogP contribution < -0.4 is 5.43 Å². The average Bonchev–Trinajstić information content (AvgIpc) is 2.94. The van der Waals surface area contributed by atoms with Crippen LogP contribution in [0.3, 0.4) is 0 Å². The Kier molecular flexibility index (Phi) is 4.12. The van der Waals surface area contributed by atoms with Crippen molar-refractivity contribution in [2.24, 2.45) is 0 Å². The molecule has 0 fully saturated rings. The number of ketones is 1. The molecule has 0 saturated heterocycles. The topological polar surface area (TPSA) is 59.8 Å². The maximum Gasteiger partial charge on any atom is 0.219 e. The highest BCUT2D eigenvalue weighted by molar-refractivity contribution is 6.30. The molecule has 23 heavy (non-hydrogen) atoms. The number of anilines is 1. The molecule has 1 N–H and O–H groups in total. The Morgan fingerprint density at radius 2 is 1.70 bits per heavy atom. The third-order valence-corrected chi connectivity index (χ3v) is 3.62. The smallest absolute Gasteiger partial charge is 0.219 e. The molecule has 3 rings (SSSR count). The molecule has 0 atom stereocenters. The van der Waals surface area contributed by atoms with Crippen molar-refractivity contribution in [3.63, 3.8) is 0 Å². The highest BCUT2D eigenvalue weighted by Gasteiger charge is 2.17. The minimum Gasteiger partial charge on any atom is -0.291 e. The van der Waals surface area contributed by atoms with E-state index in [1.165, 1.54) is 6.92 Å². The van der Waals surface area contributed by atoms with Crippen LogP contribution in [0.15, 0.2) is 48.5 Å². The molecular formula is C17H15ClN4O. The Labute approximate surface area is 138 Å². The number of Topliss-reactive ketones (excluding diaryl/α,β-unsaturated/α-hetero) is 1. The van der Waals surface area contributed by atoms with Gasteiger partial charge in [0.1, 0.15) is 0 Å². The summed E-state index contributed by atoms with van der Waals surface area (Å²) in [7, 11) is 0. The maximum atomic E-state index is 11.8. The molecule has 5 nitrogen and oxygen atoms in total. The summed E-state index contributed by atoms with van der Waals surface area (Å²) in [6.07, 6.45) is 0. The predicted molar refractivity (Wildman–Crippen MR) is 90.7 cm³/mol. The molecule has 0 bridgehead atoms. The Bertz CT molecular complexity index is 838. The van der Waals surface area contributed by atoms with Crippen LogP contribution in [-0.2, 0) is 0 Å². The molecule has 6 heteroatoms. The first-order valence-corrected chi connectivity index (χ1v) is 7.48. The lowest BCUT2D eigenvalue weighted by atomic mass is 10.1. The van der Waals surface area contributed by atoms with Crippen LogP contribution in [0.5, 0.6) is 0 Å².